The van der Waals surface area contributed by atoms with Crippen LogP contribution in [0.2, 0.25) is 0 Å². The summed E-state index contributed by atoms with van der Waals surface area (Å²) in [5.74, 6) is -5.15. The molecule has 3 N–H and O–H groups in total. The molecule has 2 heterocycles. The number of nitrogens with one attached hydrogen (secondary N) is 1. The van der Waals surface area contributed by atoms with E-state index in [0.29, 0.717) is 5.56 Å². The number of carboxylic acids is 1. The number of fused-ring (bicyclic) bond motifs is 1. The summed E-state index contributed by atoms with van der Waals surface area (Å²) in [5.41, 5.74) is -3.53. The SMILES string of the molecule is CC(C)(C)N1C(=O)C2C(c3cccc(Oc4cccc(C(F)(F)F)c4)c3)NC(CO)(C(=O)O)C2C1=O. The number of imide groups is 1. The smallest absolute Gasteiger partial charge is 0.416 e. The molecule has 2 saturated heterocycles. The zero-order valence-corrected chi connectivity index (χ0v) is 19.7. The number of carbonyl (C=O) groups is 3. The van der Waals surface area contributed by atoms with Crippen molar-refractivity contribution in [2.75, 3.05) is 6.61 Å². The van der Waals surface area contributed by atoms with Crippen LogP contribution in [0.4, 0.5) is 13.2 Å². The number of carbonyl (C=O) groups excluding carboxylic acids is 2. The molecule has 2 aliphatic rings. The highest BCUT2D eigenvalue weighted by Gasteiger charge is 2.69. The van der Waals surface area contributed by atoms with Gasteiger partial charge in [0.2, 0.25) is 11.8 Å². The highest BCUT2D eigenvalue weighted by atomic mass is 19.4. The first-order valence-electron chi connectivity index (χ1n) is 11.2. The minimum Gasteiger partial charge on any atom is -0.480 e. The van der Waals surface area contributed by atoms with Crippen molar-refractivity contribution in [1.82, 2.24) is 10.2 Å². The molecule has 2 fully saturated rings. The molecular weight excluding hydrogens is 481 g/mol. The fraction of sp³-hybridized carbons (Fsp3) is 0.400. The number of ether oxygens (including phenoxy) is 1. The van der Waals surface area contributed by atoms with Crippen molar-refractivity contribution in [2.45, 2.75) is 44.1 Å². The summed E-state index contributed by atoms with van der Waals surface area (Å²) in [6, 6.07) is 9.42. The molecule has 0 aliphatic carbocycles. The van der Waals surface area contributed by atoms with Gasteiger partial charge in [-0.15, -0.1) is 0 Å². The molecule has 4 atom stereocenters. The summed E-state index contributed by atoms with van der Waals surface area (Å²) in [6.45, 7) is 4.02. The van der Waals surface area contributed by atoms with Crippen LogP contribution < -0.4 is 10.1 Å². The van der Waals surface area contributed by atoms with Gasteiger partial charge in [-0.3, -0.25) is 24.6 Å². The molecule has 2 amide bonds. The zero-order chi connectivity index (χ0) is 26.6. The van der Waals surface area contributed by atoms with E-state index in [2.05, 4.69) is 5.32 Å². The number of likely N-dealkylation sites (tertiary alicyclic amines) is 1. The lowest BCUT2D eigenvalue weighted by Crippen LogP contribution is -2.59. The number of benzene rings is 2. The molecule has 0 saturated carbocycles. The van der Waals surface area contributed by atoms with E-state index in [1.165, 1.54) is 30.3 Å². The summed E-state index contributed by atoms with van der Waals surface area (Å²) in [4.78, 5) is 40.0. The van der Waals surface area contributed by atoms with E-state index in [4.69, 9.17) is 4.74 Å². The maximum atomic E-state index is 13.4. The van der Waals surface area contributed by atoms with Gasteiger partial charge in [-0.2, -0.15) is 13.2 Å². The second kappa shape index (κ2) is 8.59. The van der Waals surface area contributed by atoms with Crippen molar-refractivity contribution >= 4 is 17.8 Å². The molecule has 2 aliphatic heterocycles. The minimum atomic E-state index is -4.55. The van der Waals surface area contributed by atoms with Gasteiger partial charge in [0, 0.05) is 11.6 Å². The standard InChI is InChI=1S/C25H25F3N2O6/c1-23(2,3)30-20(32)17-18(21(30)33)24(12-31,22(34)35)29-19(17)13-6-4-8-15(10-13)36-16-9-5-7-14(11-16)25(26,27)28/h4-11,17-19,29,31H,12H2,1-3H3,(H,34,35). The minimum absolute atomic E-state index is 0.0690. The van der Waals surface area contributed by atoms with Crippen LogP contribution in [0.1, 0.15) is 37.9 Å². The van der Waals surface area contributed by atoms with Gasteiger partial charge < -0.3 is 14.9 Å². The average molecular weight is 506 g/mol. The van der Waals surface area contributed by atoms with E-state index in [1.807, 2.05) is 0 Å². The van der Waals surface area contributed by atoms with E-state index < -0.39 is 65.1 Å². The molecule has 8 nitrogen and oxygen atoms in total. The van der Waals surface area contributed by atoms with Crippen molar-refractivity contribution < 1.29 is 42.5 Å². The van der Waals surface area contributed by atoms with Gasteiger partial charge in [0.1, 0.15) is 11.5 Å². The lowest BCUT2D eigenvalue weighted by atomic mass is 9.79. The topological polar surface area (TPSA) is 116 Å². The summed E-state index contributed by atoms with van der Waals surface area (Å²) < 4.78 is 44.8. The molecule has 0 aromatic heterocycles. The van der Waals surface area contributed by atoms with Crippen LogP contribution in [-0.2, 0) is 20.6 Å². The predicted molar refractivity (Wildman–Crippen MR) is 120 cm³/mol. The Balaban J connectivity index is 1.73. The Morgan fingerprint density at radius 3 is 2.22 bits per heavy atom. The van der Waals surface area contributed by atoms with Crippen LogP contribution in [0.15, 0.2) is 48.5 Å². The van der Waals surface area contributed by atoms with Crippen LogP contribution in [0, 0.1) is 11.8 Å². The van der Waals surface area contributed by atoms with Crippen molar-refractivity contribution in [3.63, 3.8) is 0 Å². The van der Waals surface area contributed by atoms with Gasteiger partial charge in [-0.1, -0.05) is 18.2 Å². The molecule has 4 rings (SSSR count). The van der Waals surface area contributed by atoms with E-state index in [9.17, 15) is 37.8 Å². The number of hydrogen-bond acceptors (Lipinski definition) is 6. The number of aliphatic carboxylic acids is 1. The van der Waals surface area contributed by atoms with Gasteiger partial charge in [0.25, 0.3) is 0 Å². The first-order valence-corrected chi connectivity index (χ1v) is 11.2. The first-order chi connectivity index (χ1) is 16.7. The maximum absolute atomic E-state index is 13.4. The van der Waals surface area contributed by atoms with Crippen molar-refractivity contribution in [3.8, 4) is 11.5 Å². The van der Waals surface area contributed by atoms with Crippen LogP contribution in [0.25, 0.3) is 0 Å². The average Bonchev–Trinajstić information content (AvgIpc) is 3.27. The second-order valence-corrected chi connectivity index (χ2v) is 9.94. The molecule has 11 heteroatoms. The number of amides is 2. The Morgan fingerprint density at radius 2 is 1.67 bits per heavy atom. The monoisotopic (exact) mass is 506 g/mol. The number of aliphatic hydroxyl groups excluding tert-OH is 1. The Morgan fingerprint density at radius 1 is 1.06 bits per heavy atom. The van der Waals surface area contributed by atoms with Crippen molar-refractivity contribution in [3.05, 3.63) is 59.7 Å². The number of halogens is 3. The normalized spacial score (nSPS) is 26.3. The van der Waals surface area contributed by atoms with Gasteiger partial charge in [-0.05, 0) is 56.7 Å². The first kappa shape index (κ1) is 25.6. The predicted octanol–water partition coefficient (Wildman–Crippen LogP) is 3.36. The third-order valence-electron chi connectivity index (χ3n) is 6.57. The van der Waals surface area contributed by atoms with Gasteiger partial charge >= 0.3 is 12.1 Å². The molecule has 192 valence electrons. The molecule has 36 heavy (non-hydrogen) atoms. The number of nitrogens with zero attached hydrogens (tertiary/aromatic N) is 1. The largest absolute Gasteiger partial charge is 0.480 e. The Hall–Kier alpha value is -3.44. The quantitative estimate of drug-likeness (QED) is 0.533. The Labute approximate surface area is 204 Å². The summed E-state index contributed by atoms with van der Waals surface area (Å²) in [7, 11) is 0. The number of aliphatic hydroxyl groups is 1. The molecule has 0 radical (unpaired) electrons. The van der Waals surface area contributed by atoms with Crippen LogP contribution in [0.5, 0.6) is 11.5 Å². The van der Waals surface area contributed by atoms with Gasteiger partial charge in [-0.25, -0.2) is 0 Å². The van der Waals surface area contributed by atoms with E-state index >= 15 is 0 Å². The molecular formula is C25H25F3N2O6. The Bertz CT molecular complexity index is 1220. The van der Waals surface area contributed by atoms with E-state index in [-0.39, 0.29) is 11.5 Å². The number of rotatable bonds is 5. The van der Waals surface area contributed by atoms with E-state index in [1.54, 1.807) is 26.8 Å². The number of hydrogen-bond donors (Lipinski definition) is 3. The van der Waals surface area contributed by atoms with Crippen molar-refractivity contribution in [2.24, 2.45) is 11.8 Å². The molecule has 4 unspecified atom stereocenters. The summed E-state index contributed by atoms with van der Waals surface area (Å²) in [6.07, 6.45) is -4.55. The third-order valence-corrected chi connectivity index (χ3v) is 6.57. The molecule has 0 spiro atoms. The lowest BCUT2D eigenvalue weighted by molar-refractivity contribution is -0.155. The molecule has 0 bridgehead atoms. The Kier molecular flexibility index (Phi) is 6.12. The second-order valence-electron chi connectivity index (χ2n) is 9.94. The summed E-state index contributed by atoms with van der Waals surface area (Å²) in [5, 5.41) is 22.9. The van der Waals surface area contributed by atoms with Crippen LogP contribution in [0.3, 0.4) is 0 Å². The number of alkyl halides is 3. The fourth-order valence-electron chi connectivity index (χ4n) is 5.00. The summed E-state index contributed by atoms with van der Waals surface area (Å²) >= 11 is 0. The zero-order valence-electron chi connectivity index (χ0n) is 19.7. The third kappa shape index (κ3) is 4.11. The van der Waals surface area contributed by atoms with Crippen LogP contribution in [-0.4, -0.2) is 50.6 Å². The molecule has 2 aromatic rings. The fourth-order valence-corrected chi connectivity index (χ4v) is 5.00. The highest BCUT2D eigenvalue weighted by molar-refractivity contribution is 6.10. The maximum Gasteiger partial charge on any atom is 0.416 e. The van der Waals surface area contributed by atoms with Gasteiger partial charge in [0.05, 0.1) is 24.0 Å². The highest BCUT2D eigenvalue weighted by Crippen LogP contribution is 2.50. The molecule has 2 aromatic carbocycles. The van der Waals surface area contributed by atoms with Crippen molar-refractivity contribution in [1.29, 1.82) is 0 Å². The van der Waals surface area contributed by atoms with E-state index in [0.717, 1.165) is 17.0 Å². The van der Waals surface area contributed by atoms with Crippen LogP contribution >= 0.6 is 0 Å². The van der Waals surface area contributed by atoms with Gasteiger partial charge in [0.15, 0.2) is 5.54 Å². The number of carboxylic acid groups (broad SMARTS) is 1. The lowest BCUT2D eigenvalue weighted by Gasteiger charge is -2.34.